The molecule has 0 spiro atoms. The van der Waals surface area contributed by atoms with Crippen LogP contribution in [0.25, 0.3) is 0 Å². The van der Waals surface area contributed by atoms with E-state index >= 15 is 0 Å². The van der Waals surface area contributed by atoms with Gasteiger partial charge >= 0.3 is 0 Å². The molecule has 1 aromatic heterocycles. The van der Waals surface area contributed by atoms with Crippen molar-refractivity contribution in [3.05, 3.63) is 53.1 Å². The summed E-state index contributed by atoms with van der Waals surface area (Å²) < 4.78 is 18.0. The smallest absolute Gasteiger partial charge is 0.257 e. The summed E-state index contributed by atoms with van der Waals surface area (Å²) in [5.74, 6) is -0.892. The number of carbonyl (C=O) groups excluding carboxylic acids is 1. The van der Waals surface area contributed by atoms with Gasteiger partial charge in [-0.05, 0) is 24.3 Å². The van der Waals surface area contributed by atoms with Gasteiger partial charge in [-0.1, -0.05) is 11.6 Å². The Hall–Kier alpha value is -2.18. The fourth-order valence-corrected chi connectivity index (χ4v) is 1.92. The highest BCUT2D eigenvalue weighted by molar-refractivity contribution is 6.31. The van der Waals surface area contributed by atoms with E-state index in [2.05, 4.69) is 15.6 Å². The molecule has 0 atom stereocenters. The summed E-state index contributed by atoms with van der Waals surface area (Å²) in [6, 6.07) is 5.65. The zero-order valence-corrected chi connectivity index (χ0v) is 12.7. The van der Waals surface area contributed by atoms with Gasteiger partial charge in [0.15, 0.2) is 0 Å². The van der Waals surface area contributed by atoms with E-state index in [0.29, 0.717) is 30.1 Å². The molecule has 0 aliphatic carbocycles. The maximum atomic E-state index is 13.1. The normalized spacial score (nSPS) is 10.3. The Morgan fingerprint density at radius 2 is 2.14 bits per heavy atom. The summed E-state index contributed by atoms with van der Waals surface area (Å²) in [5, 5.41) is 5.67. The quantitative estimate of drug-likeness (QED) is 0.801. The minimum Gasteiger partial charge on any atom is -0.383 e. The number of benzene rings is 1. The SMILES string of the molecule is COCCNc1cncc(C(=O)Nc2ccc(F)c(Cl)c2)c1. The Labute approximate surface area is 132 Å². The van der Waals surface area contributed by atoms with Crippen LogP contribution in [0.15, 0.2) is 36.7 Å². The largest absolute Gasteiger partial charge is 0.383 e. The number of pyridine rings is 1. The number of anilines is 2. The lowest BCUT2D eigenvalue weighted by Crippen LogP contribution is -2.13. The second kappa shape index (κ2) is 7.72. The number of rotatable bonds is 6. The molecule has 0 unspecified atom stereocenters. The van der Waals surface area contributed by atoms with Crippen molar-refractivity contribution in [2.75, 3.05) is 30.9 Å². The van der Waals surface area contributed by atoms with E-state index in [-0.39, 0.29) is 10.9 Å². The molecule has 0 saturated carbocycles. The number of ether oxygens (including phenoxy) is 1. The molecule has 0 radical (unpaired) electrons. The van der Waals surface area contributed by atoms with Gasteiger partial charge in [-0.15, -0.1) is 0 Å². The number of nitrogens with one attached hydrogen (secondary N) is 2. The van der Waals surface area contributed by atoms with Crippen LogP contribution in [0.2, 0.25) is 5.02 Å². The van der Waals surface area contributed by atoms with Gasteiger partial charge in [-0.25, -0.2) is 4.39 Å². The predicted molar refractivity (Wildman–Crippen MR) is 84.0 cm³/mol. The molecular weight excluding hydrogens is 309 g/mol. The Bertz CT molecular complexity index is 667. The van der Waals surface area contributed by atoms with E-state index in [1.165, 1.54) is 24.4 Å². The van der Waals surface area contributed by atoms with Crippen LogP contribution in [0.5, 0.6) is 0 Å². The van der Waals surface area contributed by atoms with Gasteiger partial charge in [-0.3, -0.25) is 9.78 Å². The summed E-state index contributed by atoms with van der Waals surface area (Å²) >= 11 is 5.68. The van der Waals surface area contributed by atoms with Gasteiger partial charge in [0.2, 0.25) is 0 Å². The summed E-state index contributed by atoms with van der Waals surface area (Å²) in [6.45, 7) is 1.15. The van der Waals surface area contributed by atoms with Crippen LogP contribution in [-0.4, -0.2) is 31.2 Å². The van der Waals surface area contributed by atoms with E-state index < -0.39 is 5.82 Å². The lowest BCUT2D eigenvalue weighted by Gasteiger charge is -2.08. The van der Waals surface area contributed by atoms with Crippen molar-refractivity contribution in [1.29, 1.82) is 0 Å². The first-order valence-electron chi connectivity index (χ1n) is 6.54. The fourth-order valence-electron chi connectivity index (χ4n) is 1.74. The minimum absolute atomic E-state index is 0.0501. The average Bonchev–Trinajstić information content (AvgIpc) is 2.51. The first kappa shape index (κ1) is 16.2. The highest BCUT2D eigenvalue weighted by Gasteiger charge is 2.09. The first-order valence-corrected chi connectivity index (χ1v) is 6.92. The molecule has 2 N–H and O–H groups in total. The van der Waals surface area contributed by atoms with Crippen molar-refractivity contribution in [3.8, 4) is 0 Å². The maximum absolute atomic E-state index is 13.1. The van der Waals surface area contributed by atoms with Crippen LogP contribution in [0.4, 0.5) is 15.8 Å². The molecule has 7 heteroatoms. The lowest BCUT2D eigenvalue weighted by molar-refractivity contribution is 0.102. The highest BCUT2D eigenvalue weighted by Crippen LogP contribution is 2.20. The molecule has 1 aromatic carbocycles. The number of nitrogens with zero attached hydrogens (tertiary/aromatic N) is 1. The molecule has 22 heavy (non-hydrogen) atoms. The van der Waals surface area contributed by atoms with Crippen LogP contribution in [0.1, 0.15) is 10.4 Å². The topological polar surface area (TPSA) is 63.2 Å². The summed E-state index contributed by atoms with van der Waals surface area (Å²) in [6.07, 6.45) is 3.06. The van der Waals surface area contributed by atoms with Gasteiger partial charge in [0.25, 0.3) is 5.91 Å². The van der Waals surface area contributed by atoms with E-state index in [1.54, 1.807) is 19.4 Å². The van der Waals surface area contributed by atoms with Gasteiger partial charge in [0.1, 0.15) is 5.82 Å². The zero-order chi connectivity index (χ0) is 15.9. The molecule has 116 valence electrons. The fraction of sp³-hybridized carbons (Fsp3) is 0.200. The van der Waals surface area contributed by atoms with Gasteiger partial charge < -0.3 is 15.4 Å². The van der Waals surface area contributed by atoms with Crippen LogP contribution in [0, 0.1) is 5.82 Å². The second-order valence-electron chi connectivity index (χ2n) is 4.46. The third-order valence-corrected chi connectivity index (χ3v) is 3.10. The Morgan fingerprint density at radius 3 is 2.86 bits per heavy atom. The highest BCUT2D eigenvalue weighted by atomic mass is 35.5. The van der Waals surface area contributed by atoms with Crippen LogP contribution < -0.4 is 10.6 Å². The summed E-state index contributed by atoms with van der Waals surface area (Å²) in [7, 11) is 1.61. The second-order valence-corrected chi connectivity index (χ2v) is 4.87. The number of halogens is 2. The molecular formula is C15H15ClFN3O2. The third-order valence-electron chi connectivity index (χ3n) is 2.81. The van der Waals surface area contributed by atoms with Crippen molar-refractivity contribution in [3.63, 3.8) is 0 Å². The van der Waals surface area contributed by atoms with E-state index in [1.807, 2.05) is 0 Å². The van der Waals surface area contributed by atoms with Crippen molar-refractivity contribution in [2.24, 2.45) is 0 Å². The number of hydrogen-bond acceptors (Lipinski definition) is 4. The van der Waals surface area contributed by atoms with E-state index in [0.717, 1.165) is 0 Å². The molecule has 1 heterocycles. The number of aromatic nitrogens is 1. The zero-order valence-electron chi connectivity index (χ0n) is 11.9. The molecule has 0 aliphatic rings. The van der Waals surface area contributed by atoms with Gasteiger partial charge in [0.05, 0.1) is 22.9 Å². The van der Waals surface area contributed by atoms with Crippen molar-refractivity contribution < 1.29 is 13.9 Å². The third kappa shape index (κ3) is 4.41. The first-order chi connectivity index (χ1) is 10.6. The number of amides is 1. The number of hydrogen-bond donors (Lipinski definition) is 2. The number of carbonyl (C=O) groups is 1. The molecule has 0 saturated heterocycles. The van der Waals surface area contributed by atoms with Crippen molar-refractivity contribution >= 4 is 28.9 Å². The lowest BCUT2D eigenvalue weighted by atomic mass is 10.2. The predicted octanol–water partition coefficient (Wildman–Crippen LogP) is 3.18. The molecule has 0 aliphatic heterocycles. The van der Waals surface area contributed by atoms with Gasteiger partial charge in [0, 0.05) is 31.7 Å². The Morgan fingerprint density at radius 1 is 1.32 bits per heavy atom. The molecule has 5 nitrogen and oxygen atoms in total. The van der Waals surface area contributed by atoms with Gasteiger partial charge in [-0.2, -0.15) is 0 Å². The van der Waals surface area contributed by atoms with Crippen LogP contribution in [0.3, 0.4) is 0 Å². The summed E-state index contributed by atoms with van der Waals surface area (Å²) in [4.78, 5) is 16.2. The van der Waals surface area contributed by atoms with E-state index in [9.17, 15) is 9.18 Å². The van der Waals surface area contributed by atoms with Crippen LogP contribution >= 0.6 is 11.6 Å². The standard InChI is InChI=1S/C15H15ClFN3O2/c1-22-5-4-19-12-6-10(8-18-9-12)15(21)20-11-2-3-14(17)13(16)7-11/h2-3,6-9,19H,4-5H2,1H3,(H,20,21). The summed E-state index contributed by atoms with van der Waals surface area (Å²) in [5.41, 5.74) is 1.50. The molecule has 2 rings (SSSR count). The van der Waals surface area contributed by atoms with Crippen LogP contribution in [-0.2, 0) is 4.74 Å². The van der Waals surface area contributed by atoms with Crippen molar-refractivity contribution in [2.45, 2.75) is 0 Å². The van der Waals surface area contributed by atoms with E-state index in [4.69, 9.17) is 16.3 Å². The molecule has 2 aromatic rings. The molecule has 0 fully saturated rings. The molecule has 0 bridgehead atoms. The average molecular weight is 324 g/mol. The van der Waals surface area contributed by atoms with Crippen molar-refractivity contribution in [1.82, 2.24) is 4.98 Å². The monoisotopic (exact) mass is 323 g/mol. The Kier molecular flexibility index (Phi) is 5.68. The number of methoxy groups -OCH3 is 1. The Balaban J connectivity index is 2.05. The molecule has 1 amide bonds. The maximum Gasteiger partial charge on any atom is 0.257 e. The minimum atomic E-state index is -0.536.